The Morgan fingerprint density at radius 2 is 0.537 bits per heavy atom. The lowest BCUT2D eigenvalue weighted by molar-refractivity contribution is -0.167. The van der Waals surface area contributed by atoms with Crippen LogP contribution < -0.4 is 0 Å². The maximum absolute atomic E-state index is 12.8. The van der Waals surface area contributed by atoms with Crippen LogP contribution in [0.2, 0.25) is 0 Å². The van der Waals surface area contributed by atoms with Crippen LogP contribution in [-0.2, 0) is 28.6 Å². The van der Waals surface area contributed by atoms with E-state index in [2.05, 4.69) is 69.4 Å². The van der Waals surface area contributed by atoms with Crippen LogP contribution in [0.1, 0.15) is 303 Å². The lowest BCUT2D eigenvalue weighted by atomic mass is 10.0. The first-order chi connectivity index (χ1) is 33.0. The Morgan fingerprint density at radius 3 is 0.851 bits per heavy atom. The van der Waals surface area contributed by atoms with Gasteiger partial charge in [-0.3, -0.25) is 14.4 Å². The zero-order chi connectivity index (χ0) is 48.6. The highest BCUT2D eigenvalue weighted by atomic mass is 16.6. The smallest absolute Gasteiger partial charge is 0.306 e. The zero-order valence-corrected chi connectivity index (χ0v) is 44.7. The molecule has 0 aliphatic rings. The van der Waals surface area contributed by atoms with Gasteiger partial charge in [0.25, 0.3) is 0 Å². The first-order valence-corrected chi connectivity index (χ1v) is 29.1. The maximum atomic E-state index is 12.8. The molecule has 1 atom stereocenters. The van der Waals surface area contributed by atoms with Crippen LogP contribution >= 0.6 is 0 Å². The third-order valence-corrected chi connectivity index (χ3v) is 12.8. The number of hydrogen-bond donors (Lipinski definition) is 0. The second kappa shape index (κ2) is 56.0. The molecule has 6 heteroatoms. The molecule has 0 aliphatic heterocycles. The van der Waals surface area contributed by atoms with Crippen molar-refractivity contribution >= 4 is 17.9 Å². The quantitative estimate of drug-likeness (QED) is 0.0262. The van der Waals surface area contributed by atoms with Crippen molar-refractivity contribution in [2.24, 2.45) is 0 Å². The number of rotatable bonds is 53. The summed E-state index contributed by atoms with van der Waals surface area (Å²) in [5.41, 5.74) is 0. The second-order valence-corrected chi connectivity index (χ2v) is 19.6. The van der Waals surface area contributed by atoms with E-state index in [1.807, 2.05) is 0 Å². The standard InChI is InChI=1S/C61H110O6/c1-4-7-10-13-16-19-22-25-28-29-30-31-34-36-39-42-45-48-51-54-60(63)66-57-58(67-61(64)55-52-49-46-43-40-37-33-27-24-21-18-15-12-9-6-3)56-65-59(62)53-50-47-44-41-38-35-32-26-23-20-17-14-11-8-5-2/h17-18,20-21,26-27,32-33,58H,4-16,19,22-25,28-31,34-57H2,1-3H3/b20-17+,21-18+,32-26+,33-27+/t58-/m1/s1. The highest BCUT2D eigenvalue weighted by molar-refractivity contribution is 5.71. The van der Waals surface area contributed by atoms with Gasteiger partial charge < -0.3 is 14.2 Å². The predicted molar refractivity (Wildman–Crippen MR) is 289 cm³/mol. The van der Waals surface area contributed by atoms with Gasteiger partial charge in [-0.05, 0) is 83.5 Å². The minimum absolute atomic E-state index is 0.0805. The molecule has 0 spiro atoms. The summed E-state index contributed by atoms with van der Waals surface area (Å²) in [6.07, 6.45) is 68.1. The molecule has 0 N–H and O–H groups in total. The van der Waals surface area contributed by atoms with Crippen molar-refractivity contribution in [3.8, 4) is 0 Å². The summed E-state index contributed by atoms with van der Waals surface area (Å²) in [6, 6.07) is 0. The number of hydrogen-bond acceptors (Lipinski definition) is 6. The molecule has 0 bridgehead atoms. The highest BCUT2D eigenvalue weighted by Crippen LogP contribution is 2.16. The molecule has 0 saturated heterocycles. The fourth-order valence-electron chi connectivity index (χ4n) is 8.39. The molecule has 0 unspecified atom stereocenters. The molecule has 67 heavy (non-hydrogen) atoms. The lowest BCUT2D eigenvalue weighted by Crippen LogP contribution is -2.30. The van der Waals surface area contributed by atoms with Gasteiger partial charge in [-0.25, -0.2) is 0 Å². The molecule has 0 rings (SSSR count). The van der Waals surface area contributed by atoms with Crippen molar-refractivity contribution in [2.45, 2.75) is 309 Å². The molecule has 0 amide bonds. The molecule has 0 aliphatic carbocycles. The summed E-state index contributed by atoms with van der Waals surface area (Å²) in [4.78, 5) is 38.1. The first-order valence-electron chi connectivity index (χ1n) is 29.1. The SMILES string of the molecule is CCCCC/C=C/C/C=C/CCCCCCCC(=O)OC[C@H](COC(=O)CCCCCCCCCCCCCCCCCCCCC)OC(=O)CCCCCCC/C=C/C/C=C/CCCCC. The third kappa shape index (κ3) is 54.2. The molecule has 390 valence electrons. The van der Waals surface area contributed by atoms with E-state index in [0.29, 0.717) is 19.3 Å². The van der Waals surface area contributed by atoms with Crippen molar-refractivity contribution < 1.29 is 28.6 Å². The van der Waals surface area contributed by atoms with E-state index in [1.165, 1.54) is 161 Å². The van der Waals surface area contributed by atoms with Crippen molar-refractivity contribution in [3.63, 3.8) is 0 Å². The first kappa shape index (κ1) is 64.4. The molecule has 0 aromatic heterocycles. The van der Waals surface area contributed by atoms with E-state index in [-0.39, 0.29) is 31.1 Å². The molecule has 0 radical (unpaired) electrons. The van der Waals surface area contributed by atoms with Gasteiger partial charge in [-0.15, -0.1) is 0 Å². The van der Waals surface area contributed by atoms with Crippen LogP contribution in [0.25, 0.3) is 0 Å². The Labute approximate surface area is 416 Å². The summed E-state index contributed by atoms with van der Waals surface area (Å²) in [6.45, 7) is 6.60. The Bertz CT molecular complexity index is 1170. The van der Waals surface area contributed by atoms with Crippen LogP contribution in [0.15, 0.2) is 48.6 Å². The van der Waals surface area contributed by atoms with Crippen molar-refractivity contribution in [3.05, 3.63) is 48.6 Å². The molecule has 0 saturated carbocycles. The minimum atomic E-state index is -0.784. The van der Waals surface area contributed by atoms with E-state index in [0.717, 1.165) is 103 Å². The lowest BCUT2D eigenvalue weighted by Gasteiger charge is -2.18. The van der Waals surface area contributed by atoms with Crippen molar-refractivity contribution in [1.29, 1.82) is 0 Å². The summed E-state index contributed by atoms with van der Waals surface area (Å²) in [5.74, 6) is -0.894. The molecule has 6 nitrogen and oxygen atoms in total. The van der Waals surface area contributed by atoms with Crippen LogP contribution in [0.5, 0.6) is 0 Å². The molecule has 0 aromatic rings. The third-order valence-electron chi connectivity index (χ3n) is 12.8. The molecular weight excluding hydrogens is 829 g/mol. The second-order valence-electron chi connectivity index (χ2n) is 19.6. The van der Waals surface area contributed by atoms with E-state index >= 15 is 0 Å². The summed E-state index contributed by atoms with van der Waals surface area (Å²) >= 11 is 0. The fourth-order valence-corrected chi connectivity index (χ4v) is 8.39. The van der Waals surface area contributed by atoms with Gasteiger partial charge in [0.05, 0.1) is 0 Å². The molecule has 0 aromatic carbocycles. The highest BCUT2D eigenvalue weighted by Gasteiger charge is 2.19. The van der Waals surface area contributed by atoms with Crippen LogP contribution in [0.4, 0.5) is 0 Å². The Kier molecular flexibility index (Phi) is 53.8. The monoisotopic (exact) mass is 939 g/mol. The predicted octanol–water partition coefficient (Wildman–Crippen LogP) is 19.4. The van der Waals surface area contributed by atoms with Gasteiger partial charge in [0.2, 0.25) is 0 Å². The topological polar surface area (TPSA) is 78.9 Å². The van der Waals surface area contributed by atoms with Gasteiger partial charge in [-0.2, -0.15) is 0 Å². The molecule has 0 fully saturated rings. The van der Waals surface area contributed by atoms with E-state index in [1.54, 1.807) is 0 Å². The number of carbonyl (C=O) groups is 3. The Balaban J connectivity index is 4.36. The number of carbonyl (C=O) groups excluding carboxylic acids is 3. The Hall–Kier alpha value is -2.63. The van der Waals surface area contributed by atoms with E-state index < -0.39 is 6.10 Å². The summed E-state index contributed by atoms with van der Waals surface area (Å²) in [7, 11) is 0. The summed E-state index contributed by atoms with van der Waals surface area (Å²) < 4.78 is 16.9. The van der Waals surface area contributed by atoms with Crippen LogP contribution in [0, 0.1) is 0 Å². The molecular formula is C61H110O6. The number of unbranched alkanes of at least 4 members (excludes halogenated alkanes) is 34. The van der Waals surface area contributed by atoms with Gasteiger partial charge in [-0.1, -0.05) is 249 Å². The number of esters is 3. The van der Waals surface area contributed by atoms with Crippen LogP contribution in [-0.4, -0.2) is 37.2 Å². The molecule has 0 heterocycles. The van der Waals surface area contributed by atoms with E-state index in [9.17, 15) is 14.4 Å². The average molecular weight is 940 g/mol. The summed E-state index contributed by atoms with van der Waals surface area (Å²) in [5, 5.41) is 0. The zero-order valence-electron chi connectivity index (χ0n) is 44.7. The van der Waals surface area contributed by atoms with Gasteiger partial charge >= 0.3 is 17.9 Å². The van der Waals surface area contributed by atoms with Crippen molar-refractivity contribution in [1.82, 2.24) is 0 Å². The maximum Gasteiger partial charge on any atom is 0.306 e. The number of allylic oxidation sites excluding steroid dienone is 8. The number of ether oxygens (including phenoxy) is 3. The van der Waals surface area contributed by atoms with E-state index in [4.69, 9.17) is 14.2 Å². The average Bonchev–Trinajstić information content (AvgIpc) is 3.33. The van der Waals surface area contributed by atoms with Gasteiger partial charge in [0.15, 0.2) is 6.10 Å². The van der Waals surface area contributed by atoms with Crippen molar-refractivity contribution in [2.75, 3.05) is 13.2 Å². The Morgan fingerprint density at radius 1 is 0.299 bits per heavy atom. The van der Waals surface area contributed by atoms with Gasteiger partial charge in [0, 0.05) is 19.3 Å². The normalized spacial score (nSPS) is 12.3. The minimum Gasteiger partial charge on any atom is -0.462 e. The van der Waals surface area contributed by atoms with Crippen LogP contribution in [0.3, 0.4) is 0 Å². The van der Waals surface area contributed by atoms with Gasteiger partial charge in [0.1, 0.15) is 13.2 Å². The largest absolute Gasteiger partial charge is 0.462 e. The fraction of sp³-hybridized carbons (Fsp3) is 0.820.